The van der Waals surface area contributed by atoms with Gasteiger partial charge in [0.2, 0.25) is 0 Å². The van der Waals surface area contributed by atoms with Crippen molar-refractivity contribution in [3.63, 3.8) is 0 Å². The number of carbonyl (C=O) groups excluding carboxylic acids is 1. The topological polar surface area (TPSA) is 56.2 Å². The first-order valence-electron chi connectivity index (χ1n) is 7.98. The second-order valence-corrected chi connectivity index (χ2v) is 7.09. The van der Waals surface area contributed by atoms with E-state index in [0.717, 1.165) is 26.2 Å². The van der Waals surface area contributed by atoms with Gasteiger partial charge in [0.1, 0.15) is 12.3 Å². The second-order valence-electron chi connectivity index (χ2n) is 7.09. The van der Waals surface area contributed by atoms with Gasteiger partial charge < -0.3 is 14.7 Å². The summed E-state index contributed by atoms with van der Waals surface area (Å²) in [5.74, 6) is 0. The van der Waals surface area contributed by atoms with Gasteiger partial charge in [-0.15, -0.1) is 0 Å². The fourth-order valence-corrected chi connectivity index (χ4v) is 3.04. The molecule has 2 aliphatic rings. The Balaban J connectivity index is 1.85. The van der Waals surface area contributed by atoms with E-state index in [-0.39, 0.29) is 18.8 Å². The third-order valence-corrected chi connectivity index (χ3v) is 4.19. The van der Waals surface area contributed by atoms with Crippen LogP contribution in [-0.2, 0) is 4.74 Å². The number of nitrogens with zero attached hydrogens (tertiary/aromatic N) is 3. The Morgan fingerprint density at radius 3 is 2.41 bits per heavy atom. The Morgan fingerprint density at radius 2 is 1.86 bits per heavy atom. The number of β-amino-alcohol motifs (C(OH)–C–C–N with tert-alkyl or cyclic N) is 1. The number of carbonyl (C=O) groups is 1. The van der Waals surface area contributed by atoms with E-state index in [1.165, 1.54) is 0 Å². The number of hydrogen-bond acceptors (Lipinski definition) is 5. The van der Waals surface area contributed by atoms with Crippen LogP contribution in [-0.4, -0.2) is 96.1 Å². The van der Waals surface area contributed by atoms with Crippen LogP contribution in [0.3, 0.4) is 0 Å². The maximum Gasteiger partial charge on any atom is 0.410 e. The van der Waals surface area contributed by atoms with Crippen LogP contribution >= 0.6 is 0 Å². The number of ether oxygens (including phenoxy) is 1. The standard InChI is InChI=1S/C15H28FN3O3/c1-15(2,3)22-14(21)19-10-12(13(20)11-19)18-8-6-17(5-4-16)7-9-18/h12-13,20H,4-11H2,1-3H3/t12-,13-/m1/s1. The highest BCUT2D eigenvalue weighted by molar-refractivity contribution is 5.68. The second kappa shape index (κ2) is 7.10. The predicted molar refractivity (Wildman–Crippen MR) is 81.6 cm³/mol. The third kappa shape index (κ3) is 4.54. The van der Waals surface area contributed by atoms with Gasteiger partial charge >= 0.3 is 6.09 Å². The van der Waals surface area contributed by atoms with Gasteiger partial charge in [0.25, 0.3) is 0 Å². The SMILES string of the molecule is CC(C)(C)OC(=O)N1C[C@@H](O)[C@H](N2CCN(CCF)CC2)C1. The lowest BCUT2D eigenvalue weighted by atomic mass is 10.1. The number of piperazine rings is 1. The minimum absolute atomic E-state index is 0.0555. The normalized spacial score (nSPS) is 28.1. The first-order chi connectivity index (χ1) is 10.3. The molecule has 2 rings (SSSR count). The summed E-state index contributed by atoms with van der Waals surface area (Å²) in [5.41, 5.74) is -0.530. The van der Waals surface area contributed by atoms with E-state index in [2.05, 4.69) is 9.80 Å². The van der Waals surface area contributed by atoms with Gasteiger partial charge in [0, 0.05) is 39.3 Å². The van der Waals surface area contributed by atoms with E-state index in [1.807, 2.05) is 20.8 Å². The van der Waals surface area contributed by atoms with Crippen molar-refractivity contribution in [1.82, 2.24) is 14.7 Å². The molecule has 0 saturated carbocycles. The van der Waals surface area contributed by atoms with E-state index in [4.69, 9.17) is 4.74 Å². The smallest absolute Gasteiger partial charge is 0.410 e. The molecule has 0 spiro atoms. The largest absolute Gasteiger partial charge is 0.444 e. The zero-order valence-electron chi connectivity index (χ0n) is 13.8. The number of halogens is 1. The molecule has 0 aromatic heterocycles. The van der Waals surface area contributed by atoms with E-state index in [0.29, 0.717) is 19.6 Å². The van der Waals surface area contributed by atoms with Crippen molar-refractivity contribution in [1.29, 1.82) is 0 Å². The predicted octanol–water partition coefficient (Wildman–Crippen LogP) is 0.554. The highest BCUT2D eigenvalue weighted by atomic mass is 19.1. The molecule has 6 nitrogen and oxygen atoms in total. The third-order valence-electron chi connectivity index (χ3n) is 4.19. The summed E-state index contributed by atoms with van der Waals surface area (Å²) in [6.45, 7) is 9.65. The molecule has 1 N–H and O–H groups in total. The lowest BCUT2D eigenvalue weighted by Gasteiger charge is -2.38. The number of hydrogen-bond donors (Lipinski definition) is 1. The maximum absolute atomic E-state index is 12.4. The van der Waals surface area contributed by atoms with Crippen molar-refractivity contribution in [2.75, 3.05) is 52.5 Å². The van der Waals surface area contributed by atoms with Gasteiger partial charge in [-0.25, -0.2) is 9.18 Å². The van der Waals surface area contributed by atoms with Gasteiger partial charge in [-0.3, -0.25) is 9.80 Å². The van der Waals surface area contributed by atoms with Crippen LogP contribution in [0.4, 0.5) is 9.18 Å². The lowest BCUT2D eigenvalue weighted by molar-refractivity contribution is 0.0267. The van der Waals surface area contributed by atoms with Crippen LogP contribution in [0.1, 0.15) is 20.8 Å². The molecule has 0 radical (unpaired) electrons. The Morgan fingerprint density at radius 1 is 1.23 bits per heavy atom. The summed E-state index contributed by atoms with van der Waals surface area (Å²) in [5, 5.41) is 10.3. The van der Waals surface area contributed by atoms with Crippen LogP contribution in [0.25, 0.3) is 0 Å². The molecule has 2 saturated heterocycles. The zero-order valence-corrected chi connectivity index (χ0v) is 13.8. The summed E-state index contributed by atoms with van der Waals surface area (Å²) in [6.07, 6.45) is -0.926. The molecular formula is C15H28FN3O3. The van der Waals surface area contributed by atoms with E-state index in [1.54, 1.807) is 4.90 Å². The van der Waals surface area contributed by atoms with Crippen molar-refractivity contribution in [2.24, 2.45) is 0 Å². The average molecular weight is 317 g/mol. The van der Waals surface area contributed by atoms with Gasteiger partial charge in [0.15, 0.2) is 0 Å². The Kier molecular flexibility index (Phi) is 5.63. The van der Waals surface area contributed by atoms with Gasteiger partial charge in [-0.2, -0.15) is 0 Å². The minimum Gasteiger partial charge on any atom is -0.444 e. The average Bonchev–Trinajstić information content (AvgIpc) is 2.80. The zero-order chi connectivity index (χ0) is 16.3. The minimum atomic E-state index is -0.555. The van der Waals surface area contributed by atoms with Crippen LogP contribution in [0.5, 0.6) is 0 Å². The highest BCUT2D eigenvalue weighted by Crippen LogP contribution is 2.20. The summed E-state index contributed by atoms with van der Waals surface area (Å²) in [6, 6.07) is -0.0555. The molecule has 2 fully saturated rings. The molecule has 2 aliphatic heterocycles. The van der Waals surface area contributed by atoms with E-state index in [9.17, 15) is 14.3 Å². The summed E-state index contributed by atoms with van der Waals surface area (Å²) < 4.78 is 17.7. The van der Waals surface area contributed by atoms with Crippen molar-refractivity contribution in [3.05, 3.63) is 0 Å². The fourth-order valence-electron chi connectivity index (χ4n) is 3.04. The summed E-state index contributed by atoms with van der Waals surface area (Å²) >= 11 is 0. The van der Waals surface area contributed by atoms with E-state index >= 15 is 0 Å². The van der Waals surface area contributed by atoms with Crippen molar-refractivity contribution in [3.8, 4) is 0 Å². The maximum atomic E-state index is 12.4. The summed E-state index contributed by atoms with van der Waals surface area (Å²) in [7, 11) is 0. The molecule has 22 heavy (non-hydrogen) atoms. The van der Waals surface area contributed by atoms with Crippen molar-refractivity contribution >= 4 is 6.09 Å². The number of rotatable bonds is 3. The van der Waals surface area contributed by atoms with Crippen molar-refractivity contribution < 1.29 is 19.0 Å². The Labute approximate surface area is 131 Å². The first-order valence-corrected chi connectivity index (χ1v) is 7.98. The van der Waals surface area contributed by atoms with Gasteiger partial charge in [0.05, 0.1) is 18.7 Å². The highest BCUT2D eigenvalue weighted by Gasteiger charge is 2.39. The van der Waals surface area contributed by atoms with Crippen LogP contribution in [0, 0.1) is 0 Å². The Hall–Kier alpha value is -0.920. The van der Waals surface area contributed by atoms with Crippen LogP contribution < -0.4 is 0 Å². The summed E-state index contributed by atoms with van der Waals surface area (Å²) in [4.78, 5) is 18.0. The number of amides is 1. The first kappa shape index (κ1) is 17.4. The molecule has 7 heteroatoms. The molecular weight excluding hydrogens is 289 g/mol. The molecule has 0 unspecified atom stereocenters. The lowest BCUT2D eigenvalue weighted by Crippen LogP contribution is -2.54. The van der Waals surface area contributed by atoms with Crippen LogP contribution in [0.15, 0.2) is 0 Å². The number of aliphatic hydroxyl groups excluding tert-OH is 1. The molecule has 2 heterocycles. The quantitative estimate of drug-likeness (QED) is 0.824. The number of alkyl halides is 1. The molecule has 1 amide bonds. The molecule has 0 aromatic carbocycles. The Bertz CT molecular complexity index is 381. The van der Waals surface area contributed by atoms with Crippen LogP contribution in [0.2, 0.25) is 0 Å². The molecule has 2 atom stereocenters. The van der Waals surface area contributed by atoms with E-state index < -0.39 is 11.7 Å². The van der Waals surface area contributed by atoms with Crippen molar-refractivity contribution in [2.45, 2.75) is 38.5 Å². The fraction of sp³-hybridized carbons (Fsp3) is 0.933. The number of likely N-dealkylation sites (tertiary alicyclic amines) is 1. The molecule has 0 aliphatic carbocycles. The number of aliphatic hydroxyl groups is 1. The molecule has 0 bridgehead atoms. The molecule has 128 valence electrons. The monoisotopic (exact) mass is 317 g/mol. The van der Waals surface area contributed by atoms with Gasteiger partial charge in [-0.05, 0) is 20.8 Å². The van der Waals surface area contributed by atoms with Gasteiger partial charge in [-0.1, -0.05) is 0 Å². The molecule has 0 aromatic rings.